The number of carboxylic acids is 1. The largest absolute Gasteiger partial charge is 0.481 e. The van der Waals surface area contributed by atoms with Gasteiger partial charge >= 0.3 is 5.97 Å². The van der Waals surface area contributed by atoms with Crippen molar-refractivity contribution in [2.75, 3.05) is 5.75 Å². The number of hydrogen-bond donors (Lipinski definition) is 1. The molecule has 1 heterocycles. The first-order chi connectivity index (χ1) is 8.58. The van der Waals surface area contributed by atoms with Crippen LogP contribution in [0.5, 0.6) is 0 Å². The van der Waals surface area contributed by atoms with Crippen LogP contribution in [-0.2, 0) is 4.79 Å². The molecule has 0 bridgehead atoms. The highest BCUT2D eigenvalue weighted by Gasteiger charge is 2.13. The molecule has 0 amide bonds. The van der Waals surface area contributed by atoms with Crippen LogP contribution in [0.2, 0.25) is 5.02 Å². The highest BCUT2D eigenvalue weighted by molar-refractivity contribution is 7.99. The zero-order valence-electron chi connectivity index (χ0n) is 9.37. The molecule has 0 radical (unpaired) electrons. The summed E-state index contributed by atoms with van der Waals surface area (Å²) in [6, 6.07) is 5.47. The number of tetrazole rings is 1. The minimum absolute atomic E-state index is 0.107. The maximum atomic E-state index is 10.5. The van der Waals surface area contributed by atoms with Gasteiger partial charge in [-0.1, -0.05) is 29.4 Å². The second-order valence-electron chi connectivity index (χ2n) is 3.51. The molecule has 0 atom stereocenters. The first-order valence-corrected chi connectivity index (χ1v) is 6.34. The van der Waals surface area contributed by atoms with E-state index >= 15 is 0 Å². The summed E-state index contributed by atoms with van der Waals surface area (Å²) < 4.78 is 1.43. The Morgan fingerprint density at radius 3 is 3.00 bits per heavy atom. The van der Waals surface area contributed by atoms with E-state index in [9.17, 15) is 4.79 Å². The number of aryl methyl sites for hydroxylation is 1. The molecule has 94 valence electrons. The fourth-order valence-electron chi connectivity index (χ4n) is 1.33. The summed E-state index contributed by atoms with van der Waals surface area (Å²) in [6.07, 6.45) is 0. The van der Waals surface area contributed by atoms with Gasteiger partial charge in [0.25, 0.3) is 0 Å². The third-order valence-corrected chi connectivity index (χ3v) is 3.30. The van der Waals surface area contributed by atoms with Crippen LogP contribution in [0, 0.1) is 6.92 Å². The standard InChI is InChI=1S/C10H9ClN4O2S/c1-6-2-3-8(7(11)4-6)15-10(12-13-14-15)18-5-9(16)17/h2-4H,5H2,1H3,(H,16,17). The summed E-state index contributed by atoms with van der Waals surface area (Å²) in [5.41, 5.74) is 1.65. The molecule has 0 aliphatic carbocycles. The van der Waals surface area contributed by atoms with E-state index in [1.54, 1.807) is 12.1 Å². The average Bonchev–Trinajstić information content (AvgIpc) is 2.74. The molecular weight excluding hydrogens is 276 g/mol. The molecule has 1 aromatic heterocycles. The van der Waals surface area contributed by atoms with Crippen molar-refractivity contribution in [1.29, 1.82) is 0 Å². The fourth-order valence-corrected chi connectivity index (χ4v) is 2.25. The SMILES string of the molecule is Cc1ccc(-n2nnnc2SCC(=O)O)c(Cl)c1. The smallest absolute Gasteiger partial charge is 0.313 e. The Morgan fingerprint density at radius 1 is 1.56 bits per heavy atom. The Labute approximate surface area is 112 Å². The highest BCUT2D eigenvalue weighted by atomic mass is 35.5. The number of rotatable bonds is 4. The van der Waals surface area contributed by atoms with E-state index < -0.39 is 5.97 Å². The lowest BCUT2D eigenvalue weighted by Gasteiger charge is -2.06. The van der Waals surface area contributed by atoms with Crippen LogP contribution in [0.1, 0.15) is 5.56 Å². The number of nitrogens with zero attached hydrogens (tertiary/aromatic N) is 4. The number of benzene rings is 1. The number of carbonyl (C=O) groups is 1. The van der Waals surface area contributed by atoms with Crippen LogP contribution >= 0.6 is 23.4 Å². The van der Waals surface area contributed by atoms with E-state index in [1.165, 1.54) is 4.68 Å². The molecule has 1 aromatic carbocycles. The predicted octanol–water partition coefficient (Wildman–Crippen LogP) is 1.80. The number of carboxylic acid groups (broad SMARTS) is 1. The van der Waals surface area contributed by atoms with Gasteiger partial charge in [-0.05, 0) is 35.0 Å². The van der Waals surface area contributed by atoms with Crippen molar-refractivity contribution < 1.29 is 9.90 Å². The number of thioether (sulfide) groups is 1. The Morgan fingerprint density at radius 2 is 2.33 bits per heavy atom. The topological polar surface area (TPSA) is 80.9 Å². The zero-order valence-corrected chi connectivity index (χ0v) is 10.9. The van der Waals surface area contributed by atoms with Gasteiger partial charge in [0.05, 0.1) is 16.5 Å². The number of halogens is 1. The predicted molar refractivity (Wildman–Crippen MR) is 67.3 cm³/mol. The van der Waals surface area contributed by atoms with Gasteiger partial charge in [-0.15, -0.1) is 5.10 Å². The minimum atomic E-state index is -0.926. The summed E-state index contributed by atoms with van der Waals surface area (Å²) in [6.45, 7) is 1.93. The third kappa shape index (κ3) is 2.80. The molecule has 0 aliphatic rings. The van der Waals surface area contributed by atoms with Crippen LogP contribution in [0.4, 0.5) is 0 Å². The average molecular weight is 285 g/mol. The number of aliphatic carboxylic acids is 1. The molecule has 0 fully saturated rings. The summed E-state index contributed by atoms with van der Waals surface area (Å²) in [5.74, 6) is -1.03. The van der Waals surface area contributed by atoms with Gasteiger partial charge in [0.1, 0.15) is 0 Å². The fraction of sp³-hybridized carbons (Fsp3) is 0.200. The number of aromatic nitrogens is 4. The summed E-state index contributed by atoms with van der Waals surface area (Å²) in [5, 5.41) is 20.7. The van der Waals surface area contributed by atoms with E-state index in [0.717, 1.165) is 17.3 Å². The molecule has 0 saturated carbocycles. The van der Waals surface area contributed by atoms with Crippen LogP contribution < -0.4 is 0 Å². The van der Waals surface area contributed by atoms with Crippen LogP contribution in [0.15, 0.2) is 23.4 Å². The quantitative estimate of drug-likeness (QED) is 0.862. The Kier molecular flexibility index (Phi) is 3.83. The molecule has 0 spiro atoms. The lowest BCUT2D eigenvalue weighted by molar-refractivity contribution is -0.133. The van der Waals surface area contributed by atoms with Crippen molar-refractivity contribution in [3.63, 3.8) is 0 Å². The highest BCUT2D eigenvalue weighted by Crippen LogP contribution is 2.24. The van der Waals surface area contributed by atoms with Crippen molar-refractivity contribution in [2.45, 2.75) is 12.1 Å². The molecular formula is C10H9ClN4O2S. The van der Waals surface area contributed by atoms with Crippen LogP contribution in [0.3, 0.4) is 0 Å². The Bertz CT molecular complexity index is 587. The lowest BCUT2D eigenvalue weighted by atomic mass is 10.2. The van der Waals surface area contributed by atoms with E-state index in [4.69, 9.17) is 16.7 Å². The molecule has 18 heavy (non-hydrogen) atoms. The first kappa shape index (κ1) is 12.8. The summed E-state index contributed by atoms with van der Waals surface area (Å²) >= 11 is 7.15. The first-order valence-electron chi connectivity index (χ1n) is 4.97. The molecule has 0 unspecified atom stereocenters. The molecule has 1 N–H and O–H groups in total. The molecule has 8 heteroatoms. The molecule has 2 rings (SSSR count). The van der Waals surface area contributed by atoms with Crippen LogP contribution in [0.25, 0.3) is 5.69 Å². The van der Waals surface area contributed by atoms with E-state index in [-0.39, 0.29) is 5.75 Å². The second kappa shape index (κ2) is 5.36. The Hall–Kier alpha value is -1.60. The molecule has 0 saturated heterocycles. The summed E-state index contributed by atoms with van der Waals surface area (Å²) in [7, 11) is 0. The zero-order chi connectivity index (χ0) is 13.1. The minimum Gasteiger partial charge on any atom is -0.481 e. The Balaban J connectivity index is 2.33. The van der Waals surface area contributed by atoms with Gasteiger partial charge in [-0.25, -0.2) is 0 Å². The lowest BCUT2D eigenvalue weighted by Crippen LogP contribution is -2.03. The van der Waals surface area contributed by atoms with Crippen molar-refractivity contribution in [2.24, 2.45) is 0 Å². The van der Waals surface area contributed by atoms with Gasteiger partial charge < -0.3 is 5.11 Å². The van der Waals surface area contributed by atoms with Crippen molar-refractivity contribution in [3.05, 3.63) is 28.8 Å². The van der Waals surface area contributed by atoms with E-state index in [2.05, 4.69) is 15.5 Å². The van der Waals surface area contributed by atoms with Gasteiger partial charge in [0.2, 0.25) is 5.16 Å². The molecule has 2 aromatic rings. The maximum absolute atomic E-state index is 10.5. The van der Waals surface area contributed by atoms with E-state index in [1.807, 2.05) is 13.0 Å². The van der Waals surface area contributed by atoms with Crippen molar-refractivity contribution in [3.8, 4) is 5.69 Å². The third-order valence-electron chi connectivity index (χ3n) is 2.10. The van der Waals surface area contributed by atoms with Crippen molar-refractivity contribution in [1.82, 2.24) is 20.2 Å². The van der Waals surface area contributed by atoms with Gasteiger partial charge in [-0.2, -0.15) is 4.68 Å². The van der Waals surface area contributed by atoms with E-state index in [0.29, 0.717) is 15.9 Å². The van der Waals surface area contributed by atoms with Crippen LogP contribution in [-0.4, -0.2) is 37.0 Å². The number of hydrogen-bond acceptors (Lipinski definition) is 5. The summed E-state index contributed by atoms with van der Waals surface area (Å²) in [4.78, 5) is 10.5. The van der Waals surface area contributed by atoms with Crippen molar-refractivity contribution >= 4 is 29.3 Å². The van der Waals surface area contributed by atoms with Gasteiger partial charge in [0, 0.05) is 0 Å². The monoisotopic (exact) mass is 284 g/mol. The van der Waals surface area contributed by atoms with Gasteiger partial charge in [-0.3, -0.25) is 4.79 Å². The maximum Gasteiger partial charge on any atom is 0.313 e. The molecule has 0 aliphatic heterocycles. The van der Waals surface area contributed by atoms with Gasteiger partial charge in [0.15, 0.2) is 0 Å². The molecule has 6 nitrogen and oxygen atoms in total. The second-order valence-corrected chi connectivity index (χ2v) is 4.86. The normalized spacial score (nSPS) is 10.6.